The zero-order valence-corrected chi connectivity index (χ0v) is 17.5. The quantitative estimate of drug-likeness (QED) is 0.483. The van der Waals surface area contributed by atoms with Gasteiger partial charge in [0.2, 0.25) is 0 Å². The Balaban J connectivity index is 1.85. The van der Waals surface area contributed by atoms with E-state index in [-0.39, 0.29) is 0 Å². The highest BCUT2D eigenvalue weighted by Crippen LogP contribution is 2.32. The van der Waals surface area contributed by atoms with Gasteiger partial charge in [0.1, 0.15) is 5.82 Å². The van der Waals surface area contributed by atoms with E-state index in [0.29, 0.717) is 27.4 Å². The summed E-state index contributed by atoms with van der Waals surface area (Å²) < 4.78 is 26.8. The van der Waals surface area contributed by atoms with Crippen molar-refractivity contribution < 1.29 is 8.60 Å². The SMILES string of the molecule is C=S(=O)(c1ccc2nccc(Nc3n[nH]c4nc(C)c(F)cc34)c2c1)C(C)(C)C. The largest absolute Gasteiger partial charge is 0.338 e. The number of nitrogens with one attached hydrogen (secondary N) is 2. The number of nitrogens with zero attached hydrogens (tertiary/aromatic N) is 3. The van der Waals surface area contributed by atoms with E-state index in [2.05, 4.69) is 31.4 Å². The van der Waals surface area contributed by atoms with Crippen LogP contribution in [0.2, 0.25) is 0 Å². The van der Waals surface area contributed by atoms with Crippen LogP contribution in [0.5, 0.6) is 0 Å². The third-order valence-corrected chi connectivity index (χ3v) is 8.01. The van der Waals surface area contributed by atoms with Crippen LogP contribution < -0.4 is 5.32 Å². The molecule has 1 atom stereocenters. The van der Waals surface area contributed by atoms with Crippen molar-refractivity contribution in [1.29, 1.82) is 0 Å². The van der Waals surface area contributed by atoms with Gasteiger partial charge in [-0.2, -0.15) is 5.10 Å². The Bertz CT molecular complexity index is 1350. The van der Waals surface area contributed by atoms with Gasteiger partial charge in [-0.3, -0.25) is 14.3 Å². The number of fused-ring (bicyclic) bond motifs is 2. The highest BCUT2D eigenvalue weighted by atomic mass is 32.2. The Labute approximate surface area is 168 Å². The number of aromatic amines is 1. The van der Waals surface area contributed by atoms with Gasteiger partial charge in [0, 0.05) is 30.7 Å². The standard InChI is InChI=1S/C21H22FN5OS/c1-12-16(22)11-15-19(24-12)26-27-20(15)25-18-8-9-23-17-7-6-13(10-14(17)18)29(5,28)21(2,3)4/h6-11H,5H2,1-4H3,(H2,23,24,25,26,27). The Morgan fingerprint density at radius 2 is 1.93 bits per heavy atom. The molecule has 0 bridgehead atoms. The summed E-state index contributed by atoms with van der Waals surface area (Å²) in [6.45, 7) is 7.34. The van der Waals surface area contributed by atoms with E-state index in [9.17, 15) is 8.60 Å². The lowest BCUT2D eigenvalue weighted by Crippen LogP contribution is -2.27. The fourth-order valence-electron chi connectivity index (χ4n) is 3.03. The summed E-state index contributed by atoms with van der Waals surface area (Å²) in [7, 11) is -2.53. The van der Waals surface area contributed by atoms with Gasteiger partial charge in [-0.1, -0.05) is 0 Å². The van der Waals surface area contributed by atoms with Crippen LogP contribution in [0.15, 0.2) is 41.4 Å². The molecule has 0 aliphatic heterocycles. The van der Waals surface area contributed by atoms with Crippen molar-refractivity contribution in [3.63, 3.8) is 0 Å². The lowest BCUT2D eigenvalue weighted by molar-refractivity contribution is 0.613. The number of rotatable bonds is 3. The highest BCUT2D eigenvalue weighted by Gasteiger charge is 2.25. The first kappa shape index (κ1) is 19.3. The molecule has 0 amide bonds. The lowest BCUT2D eigenvalue weighted by Gasteiger charge is -2.25. The predicted octanol–water partition coefficient (Wildman–Crippen LogP) is 4.57. The Morgan fingerprint density at radius 1 is 1.17 bits per heavy atom. The number of aromatic nitrogens is 4. The molecule has 150 valence electrons. The van der Waals surface area contributed by atoms with Crippen molar-refractivity contribution in [3.8, 4) is 0 Å². The molecule has 4 rings (SSSR count). The summed E-state index contributed by atoms with van der Waals surface area (Å²) in [6, 6.07) is 8.70. The van der Waals surface area contributed by atoms with E-state index in [1.807, 2.05) is 39.0 Å². The van der Waals surface area contributed by atoms with Gasteiger partial charge in [0.15, 0.2) is 11.5 Å². The Hall–Kier alpha value is -3.00. The second-order valence-corrected chi connectivity index (χ2v) is 11.0. The average molecular weight is 412 g/mol. The maximum Gasteiger partial charge on any atom is 0.161 e. The molecule has 2 N–H and O–H groups in total. The number of benzene rings is 1. The molecule has 0 saturated carbocycles. The molecule has 0 saturated heterocycles. The maximum atomic E-state index is 14.0. The molecular weight excluding hydrogens is 389 g/mol. The molecule has 29 heavy (non-hydrogen) atoms. The zero-order chi connectivity index (χ0) is 21.0. The smallest absolute Gasteiger partial charge is 0.161 e. The van der Waals surface area contributed by atoms with Gasteiger partial charge < -0.3 is 5.32 Å². The van der Waals surface area contributed by atoms with Crippen LogP contribution in [-0.2, 0) is 9.52 Å². The minimum absolute atomic E-state index is 0.305. The van der Waals surface area contributed by atoms with Crippen molar-refractivity contribution in [1.82, 2.24) is 20.2 Å². The first-order valence-electron chi connectivity index (χ1n) is 9.12. The molecule has 3 aromatic heterocycles. The first-order chi connectivity index (χ1) is 13.6. The number of H-pyrrole nitrogens is 1. The van der Waals surface area contributed by atoms with Gasteiger partial charge in [0.05, 0.1) is 22.3 Å². The highest BCUT2D eigenvalue weighted by molar-refractivity contribution is 8.01. The second-order valence-electron chi connectivity index (χ2n) is 7.97. The van der Waals surface area contributed by atoms with Crippen LogP contribution >= 0.6 is 0 Å². The third-order valence-electron chi connectivity index (χ3n) is 5.02. The summed E-state index contributed by atoms with van der Waals surface area (Å²) >= 11 is 0. The van der Waals surface area contributed by atoms with Crippen LogP contribution in [0.3, 0.4) is 0 Å². The number of aryl methyl sites for hydroxylation is 1. The number of pyridine rings is 2. The number of hydrogen-bond acceptors (Lipinski definition) is 5. The molecule has 1 aromatic carbocycles. The minimum atomic E-state index is -2.53. The lowest BCUT2D eigenvalue weighted by atomic mass is 10.2. The molecule has 1 unspecified atom stereocenters. The zero-order valence-electron chi connectivity index (χ0n) is 16.7. The maximum absolute atomic E-state index is 14.0. The Morgan fingerprint density at radius 3 is 2.66 bits per heavy atom. The van der Waals surface area contributed by atoms with E-state index in [0.717, 1.165) is 16.6 Å². The van der Waals surface area contributed by atoms with E-state index < -0.39 is 20.1 Å². The number of halogens is 1. The molecule has 3 heterocycles. The van der Waals surface area contributed by atoms with Gasteiger partial charge in [0.25, 0.3) is 0 Å². The van der Waals surface area contributed by atoms with Crippen LogP contribution in [0, 0.1) is 12.7 Å². The van der Waals surface area contributed by atoms with E-state index in [1.165, 1.54) is 6.07 Å². The monoisotopic (exact) mass is 411 g/mol. The van der Waals surface area contributed by atoms with Crippen LogP contribution in [0.4, 0.5) is 15.9 Å². The Kier molecular flexibility index (Phi) is 4.34. The molecule has 8 heteroatoms. The van der Waals surface area contributed by atoms with Crippen LogP contribution in [0.25, 0.3) is 21.9 Å². The fourth-order valence-corrected chi connectivity index (χ4v) is 4.33. The molecule has 6 nitrogen and oxygen atoms in total. The van der Waals surface area contributed by atoms with E-state index >= 15 is 0 Å². The third kappa shape index (κ3) is 3.23. The summed E-state index contributed by atoms with van der Waals surface area (Å²) in [5.74, 6) is 4.06. The topological polar surface area (TPSA) is 83.6 Å². The summed E-state index contributed by atoms with van der Waals surface area (Å²) in [6.07, 6.45) is 1.67. The van der Waals surface area contributed by atoms with Gasteiger partial charge in [-0.15, -0.1) is 0 Å². The predicted molar refractivity (Wildman–Crippen MR) is 117 cm³/mol. The summed E-state index contributed by atoms with van der Waals surface area (Å²) in [5, 5.41) is 11.6. The van der Waals surface area contributed by atoms with E-state index in [1.54, 1.807) is 19.2 Å². The molecule has 0 spiro atoms. The second kappa shape index (κ2) is 6.52. The number of hydrogen-bond donors (Lipinski definition) is 2. The normalized spacial score (nSPS) is 14.2. The molecule has 0 radical (unpaired) electrons. The van der Waals surface area contributed by atoms with Crippen molar-refractivity contribution >= 4 is 48.8 Å². The fraction of sp³-hybridized carbons (Fsp3) is 0.238. The number of anilines is 2. The van der Waals surface area contributed by atoms with Gasteiger partial charge >= 0.3 is 0 Å². The minimum Gasteiger partial charge on any atom is -0.338 e. The van der Waals surface area contributed by atoms with Gasteiger partial charge in [-0.05, 0) is 63.9 Å². The van der Waals surface area contributed by atoms with Gasteiger partial charge in [-0.25, -0.2) is 9.37 Å². The molecule has 4 aromatic rings. The molecule has 0 aliphatic carbocycles. The van der Waals surface area contributed by atoms with E-state index in [4.69, 9.17) is 0 Å². The van der Waals surface area contributed by atoms with Crippen molar-refractivity contribution in [2.45, 2.75) is 37.3 Å². The average Bonchev–Trinajstić information content (AvgIpc) is 3.02. The molecular formula is C21H22FN5OS. The van der Waals surface area contributed by atoms with Crippen molar-refractivity contribution in [2.24, 2.45) is 0 Å². The van der Waals surface area contributed by atoms with Crippen LogP contribution in [-0.4, -0.2) is 35.0 Å². The first-order valence-corrected chi connectivity index (χ1v) is 10.8. The van der Waals surface area contributed by atoms with Crippen LogP contribution in [0.1, 0.15) is 26.5 Å². The summed E-state index contributed by atoms with van der Waals surface area (Å²) in [4.78, 5) is 9.23. The van der Waals surface area contributed by atoms with Crippen molar-refractivity contribution in [2.75, 3.05) is 5.32 Å². The molecule has 0 aliphatic rings. The summed E-state index contributed by atoms with van der Waals surface area (Å²) in [5.41, 5.74) is 2.26. The van der Waals surface area contributed by atoms with Crippen molar-refractivity contribution in [3.05, 3.63) is 48.0 Å². The molecule has 0 fully saturated rings.